The molecule has 1 aromatic rings. The molecule has 1 aromatic carbocycles. The number of halogens is 1. The predicted molar refractivity (Wildman–Crippen MR) is 83.8 cm³/mol. The predicted octanol–water partition coefficient (Wildman–Crippen LogP) is 4.02. The van der Waals surface area contributed by atoms with Gasteiger partial charge in [0, 0.05) is 10.5 Å². The van der Waals surface area contributed by atoms with Crippen LogP contribution in [0.15, 0.2) is 22.7 Å². The Hall–Kier alpha value is -0.540. The molecule has 0 aliphatic heterocycles. The molecular weight excluding hydrogens is 302 g/mol. The largest absolute Gasteiger partial charge is 0.497 e. The van der Waals surface area contributed by atoms with Crippen LogP contribution in [0.5, 0.6) is 5.75 Å². The van der Waals surface area contributed by atoms with Crippen LogP contribution in [0.25, 0.3) is 0 Å². The van der Waals surface area contributed by atoms with E-state index in [9.17, 15) is 0 Å². The van der Waals surface area contributed by atoms with Crippen molar-refractivity contribution in [3.05, 3.63) is 28.2 Å². The first-order valence-electron chi connectivity index (χ1n) is 7.21. The molecule has 1 aliphatic carbocycles. The van der Waals surface area contributed by atoms with E-state index in [0.29, 0.717) is 6.04 Å². The van der Waals surface area contributed by atoms with Crippen molar-refractivity contribution in [2.24, 2.45) is 11.8 Å². The molecule has 0 radical (unpaired) electrons. The van der Waals surface area contributed by atoms with E-state index in [1.807, 2.05) is 6.07 Å². The summed E-state index contributed by atoms with van der Waals surface area (Å²) in [7, 11) is 1.72. The maximum absolute atomic E-state index is 5.33. The summed E-state index contributed by atoms with van der Waals surface area (Å²) in [5.41, 5.74) is 1.33. The summed E-state index contributed by atoms with van der Waals surface area (Å²) in [4.78, 5) is 0. The molecule has 0 amide bonds. The van der Waals surface area contributed by atoms with Gasteiger partial charge in [-0.15, -0.1) is 0 Å². The first kappa shape index (κ1) is 14.9. The molecule has 1 fully saturated rings. The van der Waals surface area contributed by atoms with Gasteiger partial charge in [0.15, 0.2) is 0 Å². The molecule has 2 atom stereocenters. The quantitative estimate of drug-likeness (QED) is 0.817. The van der Waals surface area contributed by atoms with Crippen LogP contribution in [0.2, 0.25) is 0 Å². The van der Waals surface area contributed by atoms with Crippen molar-refractivity contribution >= 4 is 15.9 Å². The van der Waals surface area contributed by atoms with Crippen LogP contribution in [0.3, 0.4) is 0 Å². The van der Waals surface area contributed by atoms with E-state index >= 15 is 0 Å². The van der Waals surface area contributed by atoms with Gasteiger partial charge >= 0.3 is 0 Å². The van der Waals surface area contributed by atoms with Crippen LogP contribution in [-0.4, -0.2) is 19.7 Å². The number of likely N-dealkylation sites (N-methyl/N-ethyl adjacent to an activating group) is 1. The number of ether oxygens (including phenoxy) is 1. The number of nitrogens with one attached hydrogen (secondary N) is 1. The van der Waals surface area contributed by atoms with Crippen LogP contribution in [0, 0.1) is 11.8 Å². The van der Waals surface area contributed by atoms with E-state index in [-0.39, 0.29) is 0 Å². The molecule has 106 valence electrons. The Morgan fingerprint density at radius 2 is 2.16 bits per heavy atom. The van der Waals surface area contributed by atoms with E-state index in [1.165, 1.54) is 22.9 Å². The second kappa shape index (κ2) is 6.76. The zero-order valence-electron chi connectivity index (χ0n) is 12.1. The zero-order chi connectivity index (χ0) is 13.8. The maximum atomic E-state index is 5.33. The second-order valence-corrected chi connectivity index (χ2v) is 6.38. The van der Waals surface area contributed by atoms with Crippen LogP contribution < -0.4 is 10.1 Å². The minimum Gasteiger partial charge on any atom is -0.497 e. The molecule has 0 aromatic heterocycles. The number of hydrogen-bond donors (Lipinski definition) is 1. The molecule has 2 nitrogen and oxygen atoms in total. The topological polar surface area (TPSA) is 21.3 Å². The summed E-state index contributed by atoms with van der Waals surface area (Å²) < 4.78 is 6.51. The van der Waals surface area contributed by atoms with Crippen molar-refractivity contribution in [3.63, 3.8) is 0 Å². The van der Waals surface area contributed by atoms with Gasteiger partial charge in [0.25, 0.3) is 0 Å². The third-order valence-corrected chi connectivity index (χ3v) is 4.93. The molecule has 19 heavy (non-hydrogen) atoms. The van der Waals surface area contributed by atoms with E-state index < -0.39 is 0 Å². The van der Waals surface area contributed by atoms with Crippen LogP contribution in [0.1, 0.15) is 32.3 Å². The van der Waals surface area contributed by atoms with Gasteiger partial charge in [-0.1, -0.05) is 29.8 Å². The summed E-state index contributed by atoms with van der Waals surface area (Å²) in [5, 5.41) is 3.66. The fourth-order valence-corrected chi connectivity index (χ4v) is 3.14. The molecule has 1 N–H and O–H groups in total. The number of methoxy groups -OCH3 is 1. The molecular formula is C16H24BrNO. The van der Waals surface area contributed by atoms with Gasteiger partial charge in [-0.3, -0.25) is 0 Å². The normalized spacial score (nSPS) is 18.1. The van der Waals surface area contributed by atoms with Gasteiger partial charge in [0.1, 0.15) is 5.75 Å². The Balaban J connectivity index is 2.10. The zero-order valence-corrected chi connectivity index (χ0v) is 13.7. The lowest BCUT2D eigenvalue weighted by Gasteiger charge is -2.25. The average molecular weight is 326 g/mol. The minimum atomic E-state index is 0.556. The first-order valence-corrected chi connectivity index (χ1v) is 8.00. The highest BCUT2D eigenvalue weighted by atomic mass is 79.9. The Morgan fingerprint density at radius 1 is 1.42 bits per heavy atom. The Morgan fingerprint density at radius 3 is 2.74 bits per heavy atom. The van der Waals surface area contributed by atoms with Crippen molar-refractivity contribution in [2.75, 3.05) is 13.7 Å². The lowest BCUT2D eigenvalue weighted by atomic mass is 9.91. The van der Waals surface area contributed by atoms with Crippen LogP contribution in [0.4, 0.5) is 0 Å². The van der Waals surface area contributed by atoms with Crippen LogP contribution in [-0.2, 0) is 6.42 Å². The highest BCUT2D eigenvalue weighted by Gasteiger charge is 2.33. The van der Waals surface area contributed by atoms with Gasteiger partial charge in [-0.05, 0) is 61.4 Å². The molecule has 2 unspecified atom stereocenters. The Bertz CT molecular complexity index is 417. The highest BCUT2D eigenvalue weighted by molar-refractivity contribution is 9.10. The van der Waals surface area contributed by atoms with Crippen LogP contribution >= 0.6 is 15.9 Å². The van der Waals surface area contributed by atoms with Gasteiger partial charge in [0.05, 0.1) is 7.11 Å². The molecule has 1 saturated carbocycles. The minimum absolute atomic E-state index is 0.556. The summed E-state index contributed by atoms with van der Waals surface area (Å²) in [5.74, 6) is 2.61. The van der Waals surface area contributed by atoms with Gasteiger partial charge < -0.3 is 10.1 Å². The molecule has 0 saturated heterocycles. The van der Waals surface area contributed by atoms with E-state index in [1.54, 1.807) is 7.11 Å². The molecule has 0 spiro atoms. The summed E-state index contributed by atoms with van der Waals surface area (Å²) >= 11 is 3.66. The van der Waals surface area contributed by atoms with Gasteiger partial charge in [0.2, 0.25) is 0 Å². The van der Waals surface area contributed by atoms with E-state index in [2.05, 4.69) is 47.2 Å². The molecule has 3 heteroatoms. The van der Waals surface area contributed by atoms with Gasteiger partial charge in [-0.2, -0.15) is 0 Å². The second-order valence-electron chi connectivity index (χ2n) is 5.52. The monoisotopic (exact) mass is 325 g/mol. The molecule has 0 bridgehead atoms. The lowest BCUT2D eigenvalue weighted by Crippen LogP contribution is -2.37. The maximum Gasteiger partial charge on any atom is 0.119 e. The fourth-order valence-electron chi connectivity index (χ4n) is 2.73. The van der Waals surface area contributed by atoms with Crippen molar-refractivity contribution < 1.29 is 4.74 Å². The van der Waals surface area contributed by atoms with Crippen molar-refractivity contribution in [1.82, 2.24) is 5.32 Å². The van der Waals surface area contributed by atoms with Crippen molar-refractivity contribution in [1.29, 1.82) is 0 Å². The third kappa shape index (κ3) is 3.96. The number of rotatable bonds is 7. The fraction of sp³-hybridized carbons (Fsp3) is 0.625. The van der Waals surface area contributed by atoms with E-state index in [4.69, 9.17) is 4.74 Å². The summed E-state index contributed by atoms with van der Waals surface area (Å²) in [6, 6.07) is 6.79. The van der Waals surface area contributed by atoms with Crippen molar-refractivity contribution in [3.8, 4) is 5.75 Å². The Kier molecular flexibility index (Phi) is 5.28. The standard InChI is InChI=1S/C16H24BrNO/c1-4-18-16(11(2)12-5-6-12)10-13-9-14(19-3)7-8-15(13)17/h7-9,11-12,16,18H,4-6,10H2,1-3H3. The third-order valence-electron chi connectivity index (χ3n) is 4.16. The first-order chi connectivity index (χ1) is 9.15. The summed E-state index contributed by atoms with van der Waals surface area (Å²) in [6.07, 6.45) is 3.87. The lowest BCUT2D eigenvalue weighted by molar-refractivity contribution is 0.343. The van der Waals surface area contributed by atoms with E-state index in [0.717, 1.165) is 30.6 Å². The number of hydrogen-bond acceptors (Lipinski definition) is 2. The molecule has 0 heterocycles. The summed E-state index contributed by atoms with van der Waals surface area (Å²) in [6.45, 7) is 5.61. The average Bonchev–Trinajstić information content (AvgIpc) is 3.24. The van der Waals surface area contributed by atoms with Crippen molar-refractivity contribution in [2.45, 2.75) is 39.2 Å². The smallest absolute Gasteiger partial charge is 0.119 e. The Labute approximate surface area is 125 Å². The van der Waals surface area contributed by atoms with Gasteiger partial charge in [-0.25, -0.2) is 0 Å². The SMILES string of the molecule is CCNC(Cc1cc(OC)ccc1Br)C(C)C1CC1. The number of benzene rings is 1. The molecule has 2 rings (SSSR count). The molecule has 1 aliphatic rings. The highest BCUT2D eigenvalue weighted by Crippen LogP contribution is 2.39.